The Morgan fingerprint density at radius 2 is 1.90 bits per heavy atom. The number of nitrogens with one attached hydrogen (secondary N) is 1. The minimum absolute atomic E-state index is 0.0806. The highest BCUT2D eigenvalue weighted by Gasteiger charge is 2.14. The van der Waals surface area contributed by atoms with Crippen molar-refractivity contribution in [3.05, 3.63) is 38.3 Å². The monoisotopic (exact) mass is 356 g/mol. The number of non-ortho nitro benzene ring substituents is 1. The summed E-state index contributed by atoms with van der Waals surface area (Å²) < 4.78 is 0.563. The lowest BCUT2D eigenvalue weighted by atomic mass is 10.1. The molecule has 21 heavy (non-hydrogen) atoms. The molecule has 6 heteroatoms. The van der Waals surface area contributed by atoms with Gasteiger partial charge in [0.1, 0.15) is 0 Å². The first-order chi connectivity index (χ1) is 10.1. The van der Waals surface area contributed by atoms with Gasteiger partial charge in [-0.2, -0.15) is 0 Å². The number of hydrogen-bond donors (Lipinski definition) is 1. The molecule has 5 nitrogen and oxygen atoms in total. The van der Waals surface area contributed by atoms with E-state index in [9.17, 15) is 14.9 Å². The normalized spacial score (nSPS) is 10.4. The molecule has 1 aromatic carbocycles. The van der Waals surface area contributed by atoms with Gasteiger partial charge in [-0.15, -0.1) is 0 Å². The maximum absolute atomic E-state index is 12.0. The van der Waals surface area contributed by atoms with Crippen LogP contribution >= 0.6 is 15.9 Å². The minimum Gasteiger partial charge on any atom is -0.352 e. The molecule has 0 saturated carbocycles. The van der Waals surface area contributed by atoms with Crippen LogP contribution in [0.3, 0.4) is 0 Å². The van der Waals surface area contributed by atoms with Gasteiger partial charge >= 0.3 is 0 Å². The van der Waals surface area contributed by atoms with Crippen LogP contribution < -0.4 is 5.32 Å². The van der Waals surface area contributed by atoms with E-state index in [2.05, 4.69) is 28.2 Å². The molecule has 0 unspecified atom stereocenters. The zero-order chi connectivity index (χ0) is 15.7. The standard InChI is InChI=1S/C15H21BrN2O3/c1-2-3-4-5-6-7-10-17-15(19)13-11-12(18(20)21)8-9-14(13)16/h8-9,11H,2-7,10H2,1H3,(H,17,19). The summed E-state index contributed by atoms with van der Waals surface area (Å²) in [6, 6.07) is 4.19. The number of nitro groups is 1. The smallest absolute Gasteiger partial charge is 0.270 e. The Labute approximate surface area is 133 Å². The molecule has 0 bridgehead atoms. The predicted molar refractivity (Wildman–Crippen MR) is 86.5 cm³/mol. The lowest BCUT2D eigenvalue weighted by Crippen LogP contribution is -2.24. The number of amides is 1. The van der Waals surface area contributed by atoms with Crippen molar-refractivity contribution in [1.82, 2.24) is 5.32 Å². The number of nitro benzene ring substituents is 1. The van der Waals surface area contributed by atoms with Gasteiger partial charge in [0.25, 0.3) is 11.6 Å². The summed E-state index contributed by atoms with van der Waals surface area (Å²) in [4.78, 5) is 22.2. The molecule has 0 saturated heterocycles. The van der Waals surface area contributed by atoms with Crippen molar-refractivity contribution in [2.24, 2.45) is 0 Å². The average molecular weight is 357 g/mol. The second-order valence-electron chi connectivity index (χ2n) is 4.94. The third kappa shape index (κ3) is 6.25. The molecule has 0 atom stereocenters. The van der Waals surface area contributed by atoms with Crippen LogP contribution in [-0.4, -0.2) is 17.4 Å². The van der Waals surface area contributed by atoms with Crippen molar-refractivity contribution in [3.63, 3.8) is 0 Å². The fourth-order valence-electron chi connectivity index (χ4n) is 2.00. The van der Waals surface area contributed by atoms with E-state index in [0.29, 0.717) is 16.6 Å². The van der Waals surface area contributed by atoms with Crippen LogP contribution in [0.15, 0.2) is 22.7 Å². The summed E-state index contributed by atoms with van der Waals surface area (Å²) in [5, 5.41) is 13.5. The first-order valence-electron chi connectivity index (χ1n) is 7.28. The number of carbonyl (C=O) groups is 1. The van der Waals surface area contributed by atoms with Crippen LogP contribution in [-0.2, 0) is 0 Å². The number of benzene rings is 1. The first-order valence-corrected chi connectivity index (χ1v) is 8.07. The number of carbonyl (C=O) groups excluding carboxylic acids is 1. The van der Waals surface area contributed by atoms with E-state index in [4.69, 9.17) is 0 Å². The predicted octanol–water partition coefficient (Wildman–Crippen LogP) is 4.45. The van der Waals surface area contributed by atoms with Gasteiger partial charge in [-0.25, -0.2) is 0 Å². The maximum Gasteiger partial charge on any atom is 0.270 e. The molecule has 1 aromatic rings. The molecule has 0 heterocycles. The van der Waals surface area contributed by atoms with E-state index >= 15 is 0 Å². The van der Waals surface area contributed by atoms with E-state index in [1.54, 1.807) is 0 Å². The van der Waals surface area contributed by atoms with Crippen molar-refractivity contribution in [2.45, 2.75) is 45.4 Å². The van der Waals surface area contributed by atoms with Gasteiger partial charge in [-0.05, 0) is 28.4 Å². The molecule has 1 amide bonds. The van der Waals surface area contributed by atoms with Gasteiger partial charge < -0.3 is 5.32 Å². The molecule has 0 radical (unpaired) electrons. The Hall–Kier alpha value is -1.43. The molecule has 1 rings (SSSR count). The van der Waals surface area contributed by atoms with Crippen molar-refractivity contribution < 1.29 is 9.72 Å². The Balaban J connectivity index is 2.41. The molecule has 0 aromatic heterocycles. The Morgan fingerprint density at radius 1 is 1.24 bits per heavy atom. The van der Waals surface area contributed by atoms with Crippen molar-refractivity contribution >= 4 is 27.5 Å². The van der Waals surface area contributed by atoms with Crippen LogP contribution in [0.25, 0.3) is 0 Å². The third-order valence-corrected chi connectivity index (χ3v) is 3.91. The highest BCUT2D eigenvalue weighted by atomic mass is 79.9. The molecular formula is C15H21BrN2O3. The average Bonchev–Trinajstić information content (AvgIpc) is 2.46. The molecule has 0 spiro atoms. The summed E-state index contributed by atoms with van der Waals surface area (Å²) in [7, 11) is 0. The largest absolute Gasteiger partial charge is 0.352 e. The number of nitrogens with zero attached hydrogens (tertiary/aromatic N) is 1. The van der Waals surface area contributed by atoms with Gasteiger partial charge in [0.05, 0.1) is 10.5 Å². The molecule has 0 fully saturated rings. The van der Waals surface area contributed by atoms with Crippen LogP contribution in [0.5, 0.6) is 0 Å². The van der Waals surface area contributed by atoms with E-state index in [0.717, 1.165) is 12.8 Å². The Morgan fingerprint density at radius 3 is 2.57 bits per heavy atom. The fourth-order valence-corrected chi connectivity index (χ4v) is 2.43. The van der Waals surface area contributed by atoms with Crippen LogP contribution in [0, 0.1) is 10.1 Å². The number of rotatable bonds is 9. The maximum atomic E-state index is 12.0. The van der Waals surface area contributed by atoms with E-state index < -0.39 is 4.92 Å². The zero-order valence-electron chi connectivity index (χ0n) is 12.2. The molecule has 116 valence electrons. The van der Waals surface area contributed by atoms with Gasteiger partial charge in [0, 0.05) is 23.2 Å². The number of unbranched alkanes of at least 4 members (excludes halogenated alkanes) is 5. The quantitative estimate of drug-likeness (QED) is 0.403. The van der Waals surface area contributed by atoms with Crippen molar-refractivity contribution in [1.29, 1.82) is 0 Å². The number of halogens is 1. The van der Waals surface area contributed by atoms with E-state index in [1.807, 2.05) is 0 Å². The third-order valence-electron chi connectivity index (χ3n) is 3.22. The first kappa shape index (κ1) is 17.6. The Kier molecular flexibility index (Phi) is 7.97. The molecule has 0 aliphatic heterocycles. The van der Waals surface area contributed by atoms with Crippen LogP contribution in [0.1, 0.15) is 55.8 Å². The number of hydrogen-bond acceptors (Lipinski definition) is 3. The summed E-state index contributed by atoms with van der Waals surface area (Å²) in [5.74, 6) is -0.279. The van der Waals surface area contributed by atoms with Gasteiger partial charge in [0.15, 0.2) is 0 Å². The van der Waals surface area contributed by atoms with Gasteiger partial charge in [-0.1, -0.05) is 39.0 Å². The second kappa shape index (κ2) is 9.50. The van der Waals surface area contributed by atoms with Crippen molar-refractivity contribution in [2.75, 3.05) is 6.54 Å². The molecule has 0 aliphatic rings. The lowest BCUT2D eigenvalue weighted by molar-refractivity contribution is -0.384. The fraction of sp³-hybridized carbons (Fsp3) is 0.533. The van der Waals surface area contributed by atoms with E-state index in [1.165, 1.54) is 43.9 Å². The molecule has 0 aliphatic carbocycles. The van der Waals surface area contributed by atoms with Crippen LogP contribution in [0.4, 0.5) is 5.69 Å². The minimum atomic E-state index is -0.503. The summed E-state index contributed by atoms with van der Waals surface area (Å²) in [5.41, 5.74) is 0.220. The molecular weight excluding hydrogens is 336 g/mol. The SMILES string of the molecule is CCCCCCCCNC(=O)c1cc([N+](=O)[O-])ccc1Br. The van der Waals surface area contributed by atoms with Crippen molar-refractivity contribution in [3.8, 4) is 0 Å². The van der Waals surface area contributed by atoms with E-state index in [-0.39, 0.29) is 11.6 Å². The van der Waals surface area contributed by atoms with Gasteiger partial charge in [0.2, 0.25) is 0 Å². The highest BCUT2D eigenvalue weighted by molar-refractivity contribution is 9.10. The highest BCUT2D eigenvalue weighted by Crippen LogP contribution is 2.22. The summed E-state index contributed by atoms with van der Waals surface area (Å²) >= 11 is 3.25. The summed E-state index contributed by atoms with van der Waals surface area (Å²) in [6.45, 7) is 2.78. The Bertz CT molecular complexity index is 492. The topological polar surface area (TPSA) is 72.2 Å². The zero-order valence-corrected chi connectivity index (χ0v) is 13.8. The molecule has 1 N–H and O–H groups in total. The van der Waals surface area contributed by atoms with Gasteiger partial charge in [-0.3, -0.25) is 14.9 Å². The lowest BCUT2D eigenvalue weighted by Gasteiger charge is -2.07. The summed E-state index contributed by atoms with van der Waals surface area (Å²) in [6.07, 6.45) is 6.92. The second-order valence-corrected chi connectivity index (χ2v) is 5.80. The van der Waals surface area contributed by atoms with Crippen LogP contribution in [0.2, 0.25) is 0 Å².